The Labute approximate surface area is 192 Å². The maximum absolute atomic E-state index is 12.9. The van der Waals surface area contributed by atoms with E-state index < -0.39 is 15.9 Å². The average molecular weight is 474 g/mol. The van der Waals surface area contributed by atoms with Crippen LogP contribution in [-0.4, -0.2) is 42.9 Å². The van der Waals surface area contributed by atoms with Gasteiger partial charge in [0.05, 0.1) is 21.7 Å². The maximum Gasteiger partial charge on any atom is 0.279 e. The van der Waals surface area contributed by atoms with Crippen LogP contribution in [0.5, 0.6) is 5.75 Å². The highest BCUT2D eigenvalue weighted by Crippen LogP contribution is 2.24. The van der Waals surface area contributed by atoms with Crippen molar-refractivity contribution in [2.45, 2.75) is 44.6 Å². The summed E-state index contributed by atoms with van der Waals surface area (Å²) in [7, 11) is -3.50. The zero-order valence-corrected chi connectivity index (χ0v) is 19.9. The van der Waals surface area contributed by atoms with Gasteiger partial charge in [-0.05, 0) is 68.7 Å². The van der Waals surface area contributed by atoms with Gasteiger partial charge in [0.1, 0.15) is 5.75 Å². The summed E-state index contributed by atoms with van der Waals surface area (Å²) in [6.45, 7) is 6.45. The van der Waals surface area contributed by atoms with Crippen molar-refractivity contribution < 1.29 is 17.9 Å². The first-order valence-electron chi connectivity index (χ1n) is 10.9. The first-order chi connectivity index (χ1) is 15.4. The lowest BCUT2D eigenvalue weighted by molar-refractivity contribution is 0.0997. The minimum atomic E-state index is -3.50. The van der Waals surface area contributed by atoms with E-state index >= 15 is 0 Å². The SMILES string of the molecule is CCCn1c(=NC(=O)c2ccc(S(=O)(=O)N3CCCC3)cc2)sc2cc(OCC)ccc21. The molecule has 1 aromatic heterocycles. The highest BCUT2D eigenvalue weighted by molar-refractivity contribution is 7.89. The summed E-state index contributed by atoms with van der Waals surface area (Å²) in [5, 5.41) is 0. The largest absolute Gasteiger partial charge is 0.494 e. The molecule has 1 amide bonds. The Hall–Kier alpha value is -2.49. The van der Waals surface area contributed by atoms with E-state index in [9.17, 15) is 13.2 Å². The number of benzene rings is 2. The van der Waals surface area contributed by atoms with Crippen LogP contribution in [0.2, 0.25) is 0 Å². The number of amides is 1. The molecule has 0 unspecified atom stereocenters. The molecule has 0 saturated carbocycles. The Balaban J connectivity index is 1.66. The third-order valence-electron chi connectivity index (χ3n) is 5.41. The first-order valence-corrected chi connectivity index (χ1v) is 13.1. The number of aromatic nitrogens is 1. The Bertz CT molecular complexity index is 1290. The molecule has 1 fully saturated rings. The molecule has 0 N–H and O–H groups in total. The fraction of sp³-hybridized carbons (Fsp3) is 0.391. The van der Waals surface area contributed by atoms with Crippen LogP contribution < -0.4 is 9.54 Å². The lowest BCUT2D eigenvalue weighted by Gasteiger charge is -2.15. The molecule has 9 heteroatoms. The van der Waals surface area contributed by atoms with Gasteiger partial charge in [0.15, 0.2) is 4.80 Å². The summed E-state index contributed by atoms with van der Waals surface area (Å²) in [5.74, 6) is 0.397. The lowest BCUT2D eigenvalue weighted by atomic mass is 10.2. The van der Waals surface area contributed by atoms with Crippen LogP contribution in [0.4, 0.5) is 0 Å². The fourth-order valence-corrected chi connectivity index (χ4v) is 6.43. The summed E-state index contributed by atoms with van der Waals surface area (Å²) >= 11 is 1.44. The van der Waals surface area contributed by atoms with Crippen molar-refractivity contribution in [2.75, 3.05) is 19.7 Å². The van der Waals surface area contributed by atoms with Gasteiger partial charge in [-0.3, -0.25) is 4.79 Å². The van der Waals surface area contributed by atoms with E-state index in [0.29, 0.717) is 30.1 Å². The number of sulfonamides is 1. The van der Waals surface area contributed by atoms with E-state index in [-0.39, 0.29) is 4.90 Å². The zero-order valence-electron chi connectivity index (χ0n) is 18.3. The maximum atomic E-state index is 12.9. The highest BCUT2D eigenvalue weighted by atomic mass is 32.2. The number of hydrogen-bond acceptors (Lipinski definition) is 5. The van der Waals surface area contributed by atoms with Gasteiger partial charge in [-0.1, -0.05) is 18.3 Å². The van der Waals surface area contributed by atoms with Gasteiger partial charge in [-0.15, -0.1) is 0 Å². The fourth-order valence-electron chi connectivity index (χ4n) is 3.83. The van der Waals surface area contributed by atoms with Crippen LogP contribution in [0.3, 0.4) is 0 Å². The predicted octanol–water partition coefficient (Wildman–Crippen LogP) is 4.04. The second kappa shape index (κ2) is 9.56. The number of rotatable bonds is 7. The van der Waals surface area contributed by atoms with E-state index in [1.54, 1.807) is 12.1 Å². The molecule has 0 atom stereocenters. The van der Waals surface area contributed by atoms with Crippen molar-refractivity contribution in [3.8, 4) is 5.75 Å². The molecule has 2 aromatic carbocycles. The van der Waals surface area contributed by atoms with Crippen LogP contribution in [0, 0.1) is 0 Å². The van der Waals surface area contributed by atoms with Gasteiger partial charge >= 0.3 is 0 Å². The van der Waals surface area contributed by atoms with Crippen molar-refractivity contribution in [3.63, 3.8) is 0 Å². The molecule has 1 aliphatic rings. The molecule has 0 aliphatic carbocycles. The molecule has 7 nitrogen and oxygen atoms in total. The van der Waals surface area contributed by atoms with Crippen LogP contribution in [0.1, 0.15) is 43.5 Å². The number of fused-ring (bicyclic) bond motifs is 1. The van der Waals surface area contributed by atoms with Crippen LogP contribution in [-0.2, 0) is 16.6 Å². The Morgan fingerprint density at radius 1 is 1.09 bits per heavy atom. The summed E-state index contributed by atoms with van der Waals surface area (Å²) in [6, 6.07) is 12.0. The lowest BCUT2D eigenvalue weighted by Crippen LogP contribution is -2.27. The second-order valence-corrected chi connectivity index (χ2v) is 10.6. The zero-order chi connectivity index (χ0) is 22.7. The molecule has 32 heavy (non-hydrogen) atoms. The topological polar surface area (TPSA) is 81.0 Å². The van der Waals surface area contributed by atoms with Gasteiger partial charge in [0, 0.05) is 25.2 Å². The van der Waals surface area contributed by atoms with E-state index in [4.69, 9.17) is 4.74 Å². The standard InChI is InChI=1S/C23H27N3O4S2/c1-3-13-26-20-12-9-18(30-4-2)16-21(20)31-23(26)24-22(27)17-7-10-19(11-8-17)32(28,29)25-14-5-6-15-25/h7-12,16H,3-6,13-15H2,1-2H3. The summed E-state index contributed by atoms with van der Waals surface area (Å²) in [4.78, 5) is 18.1. The highest BCUT2D eigenvalue weighted by Gasteiger charge is 2.27. The molecule has 0 bridgehead atoms. The molecule has 0 spiro atoms. The van der Waals surface area contributed by atoms with Crippen LogP contribution >= 0.6 is 11.3 Å². The second-order valence-electron chi connectivity index (χ2n) is 7.65. The number of thiazole rings is 1. The van der Waals surface area contributed by atoms with Crippen molar-refractivity contribution in [3.05, 3.63) is 52.8 Å². The number of carbonyl (C=O) groups is 1. The molecule has 1 saturated heterocycles. The third-order valence-corrected chi connectivity index (χ3v) is 8.37. The average Bonchev–Trinajstić information content (AvgIpc) is 3.44. The number of hydrogen-bond donors (Lipinski definition) is 0. The van der Waals surface area contributed by atoms with Crippen molar-refractivity contribution >= 4 is 37.5 Å². The van der Waals surface area contributed by atoms with Gasteiger partial charge < -0.3 is 9.30 Å². The van der Waals surface area contributed by atoms with Crippen molar-refractivity contribution in [2.24, 2.45) is 4.99 Å². The summed E-state index contributed by atoms with van der Waals surface area (Å²) < 4.78 is 35.5. The Kier molecular flexibility index (Phi) is 6.78. The minimum Gasteiger partial charge on any atom is -0.494 e. The third kappa shape index (κ3) is 4.51. The molecule has 170 valence electrons. The van der Waals surface area contributed by atoms with E-state index in [2.05, 4.69) is 11.9 Å². The van der Waals surface area contributed by atoms with E-state index in [1.807, 2.05) is 29.7 Å². The molecule has 3 aromatic rings. The van der Waals surface area contributed by atoms with Gasteiger partial charge in [0.25, 0.3) is 5.91 Å². The monoisotopic (exact) mass is 473 g/mol. The molecular formula is C23H27N3O4S2. The van der Waals surface area contributed by atoms with Gasteiger partial charge in [-0.2, -0.15) is 9.30 Å². The normalized spacial score (nSPS) is 15.5. The molecule has 1 aliphatic heterocycles. The summed E-state index contributed by atoms with van der Waals surface area (Å²) in [6.07, 6.45) is 2.67. The first kappa shape index (κ1) is 22.7. The number of carbonyl (C=O) groups excluding carboxylic acids is 1. The predicted molar refractivity (Wildman–Crippen MR) is 126 cm³/mol. The molecule has 2 heterocycles. The molecule has 4 rings (SSSR count). The Morgan fingerprint density at radius 3 is 2.47 bits per heavy atom. The quantitative estimate of drug-likeness (QED) is 0.519. The number of ether oxygens (including phenoxy) is 1. The van der Waals surface area contributed by atoms with Crippen LogP contribution in [0.15, 0.2) is 52.4 Å². The molecular weight excluding hydrogens is 446 g/mol. The van der Waals surface area contributed by atoms with Crippen molar-refractivity contribution in [1.29, 1.82) is 0 Å². The number of nitrogens with zero attached hydrogens (tertiary/aromatic N) is 3. The molecule has 0 radical (unpaired) electrons. The van der Waals surface area contributed by atoms with Gasteiger partial charge in [0.2, 0.25) is 10.0 Å². The van der Waals surface area contributed by atoms with Gasteiger partial charge in [-0.25, -0.2) is 8.42 Å². The van der Waals surface area contributed by atoms with Crippen molar-refractivity contribution in [1.82, 2.24) is 8.87 Å². The smallest absolute Gasteiger partial charge is 0.279 e. The van der Waals surface area contributed by atoms with Crippen LogP contribution in [0.25, 0.3) is 10.2 Å². The number of aryl methyl sites for hydroxylation is 1. The Morgan fingerprint density at radius 2 is 1.81 bits per heavy atom. The van der Waals surface area contributed by atoms with E-state index in [0.717, 1.165) is 41.8 Å². The van der Waals surface area contributed by atoms with E-state index in [1.165, 1.54) is 27.8 Å². The minimum absolute atomic E-state index is 0.210. The summed E-state index contributed by atoms with van der Waals surface area (Å²) in [5.41, 5.74) is 1.37.